The number of hydrogen-bond donors (Lipinski definition) is 0. The molecule has 0 atom stereocenters. The Morgan fingerprint density at radius 1 is 1.04 bits per heavy atom. The van der Waals surface area contributed by atoms with Crippen LogP contribution in [-0.4, -0.2) is 32.1 Å². The zero-order valence-electron chi connectivity index (χ0n) is 15.5. The highest BCUT2D eigenvalue weighted by atomic mass is 16.5. The number of aromatic nitrogens is 1. The van der Waals surface area contributed by atoms with E-state index in [1.54, 1.807) is 33.6 Å². The number of benzene rings is 1. The average molecular weight is 355 g/mol. The third kappa shape index (κ3) is 5.62. The second-order valence-electron chi connectivity index (χ2n) is 5.80. The normalized spacial score (nSPS) is 10.7. The molecular formula is C21H25NO4. The monoisotopic (exact) mass is 355 g/mol. The summed E-state index contributed by atoms with van der Waals surface area (Å²) in [5.74, 6) is 1.85. The van der Waals surface area contributed by atoms with E-state index in [1.807, 2.05) is 36.5 Å². The number of rotatable bonds is 10. The van der Waals surface area contributed by atoms with E-state index in [4.69, 9.17) is 14.2 Å². The molecule has 0 unspecified atom stereocenters. The van der Waals surface area contributed by atoms with Crippen LogP contribution < -0.4 is 14.2 Å². The van der Waals surface area contributed by atoms with Crippen LogP contribution in [0.15, 0.2) is 48.8 Å². The van der Waals surface area contributed by atoms with Gasteiger partial charge in [-0.05, 0) is 54.7 Å². The molecule has 1 heterocycles. The molecular weight excluding hydrogens is 330 g/mol. The van der Waals surface area contributed by atoms with Gasteiger partial charge in [0.15, 0.2) is 17.3 Å². The molecule has 2 rings (SSSR count). The van der Waals surface area contributed by atoms with Gasteiger partial charge >= 0.3 is 0 Å². The Morgan fingerprint density at radius 2 is 1.77 bits per heavy atom. The van der Waals surface area contributed by atoms with Crippen LogP contribution in [0, 0.1) is 0 Å². The molecule has 0 saturated heterocycles. The van der Waals surface area contributed by atoms with Crippen molar-refractivity contribution >= 4 is 5.78 Å². The number of methoxy groups -OCH3 is 3. The van der Waals surface area contributed by atoms with Crippen LogP contribution >= 0.6 is 0 Å². The number of aryl methyl sites for hydroxylation is 2. The molecule has 1 aromatic heterocycles. The molecule has 0 N–H and O–H groups in total. The zero-order chi connectivity index (χ0) is 18.8. The van der Waals surface area contributed by atoms with Crippen molar-refractivity contribution in [3.63, 3.8) is 0 Å². The summed E-state index contributed by atoms with van der Waals surface area (Å²) in [7, 11) is 4.73. The minimum atomic E-state index is 0.102. The Bertz CT molecular complexity index is 716. The number of allylic oxidation sites excluding steroid dienone is 2. The quantitative estimate of drug-likeness (QED) is 0.607. The van der Waals surface area contributed by atoms with E-state index in [0.29, 0.717) is 30.1 Å². The van der Waals surface area contributed by atoms with Crippen LogP contribution in [0.2, 0.25) is 0 Å². The Hall–Kier alpha value is -2.82. The van der Waals surface area contributed by atoms with Gasteiger partial charge in [0.25, 0.3) is 0 Å². The van der Waals surface area contributed by atoms with Crippen molar-refractivity contribution in [1.82, 2.24) is 4.98 Å². The summed E-state index contributed by atoms with van der Waals surface area (Å²) >= 11 is 0. The zero-order valence-corrected chi connectivity index (χ0v) is 15.5. The van der Waals surface area contributed by atoms with E-state index in [0.717, 1.165) is 18.4 Å². The predicted molar refractivity (Wildman–Crippen MR) is 101 cm³/mol. The third-order valence-corrected chi connectivity index (χ3v) is 4.01. The Morgan fingerprint density at radius 3 is 2.35 bits per heavy atom. The maximum absolute atomic E-state index is 12.1. The van der Waals surface area contributed by atoms with E-state index < -0.39 is 0 Å². The number of pyridine rings is 1. The highest BCUT2D eigenvalue weighted by Crippen LogP contribution is 2.38. The second-order valence-corrected chi connectivity index (χ2v) is 5.80. The Kier molecular flexibility index (Phi) is 7.68. The molecule has 0 radical (unpaired) electrons. The summed E-state index contributed by atoms with van der Waals surface area (Å²) in [5.41, 5.74) is 2.14. The van der Waals surface area contributed by atoms with Gasteiger partial charge < -0.3 is 14.2 Å². The standard InChI is InChI=1S/C21H25NO4/c1-24-19-13-17(14-20(25-2)21(19)26-3)10-11-18(23)9-5-4-7-16-8-6-12-22-15-16/h5-6,8-9,12-15H,4,7,10-11H2,1-3H3/b9-5+. The lowest BCUT2D eigenvalue weighted by atomic mass is 10.1. The molecule has 138 valence electrons. The van der Waals surface area contributed by atoms with E-state index in [9.17, 15) is 4.79 Å². The summed E-state index contributed by atoms with van der Waals surface area (Å²) in [6.45, 7) is 0. The highest BCUT2D eigenvalue weighted by Gasteiger charge is 2.13. The predicted octanol–water partition coefficient (Wildman–Crippen LogP) is 3.80. The van der Waals surface area contributed by atoms with E-state index >= 15 is 0 Å². The molecule has 0 amide bonds. The van der Waals surface area contributed by atoms with Crippen LogP contribution in [0.4, 0.5) is 0 Å². The minimum Gasteiger partial charge on any atom is -0.493 e. The number of carbonyl (C=O) groups is 1. The van der Waals surface area contributed by atoms with E-state index in [-0.39, 0.29) is 5.78 Å². The fourth-order valence-corrected chi connectivity index (χ4v) is 2.64. The molecule has 0 saturated carbocycles. The first-order chi connectivity index (χ1) is 12.7. The average Bonchev–Trinajstić information content (AvgIpc) is 2.69. The van der Waals surface area contributed by atoms with Crippen LogP contribution in [0.25, 0.3) is 0 Å². The fraction of sp³-hybridized carbons (Fsp3) is 0.333. The van der Waals surface area contributed by atoms with Crippen LogP contribution in [0.3, 0.4) is 0 Å². The number of carbonyl (C=O) groups excluding carboxylic acids is 1. The summed E-state index contributed by atoms with van der Waals surface area (Å²) in [5, 5.41) is 0. The van der Waals surface area contributed by atoms with Gasteiger partial charge in [-0.3, -0.25) is 9.78 Å². The highest BCUT2D eigenvalue weighted by molar-refractivity contribution is 5.89. The number of nitrogens with zero attached hydrogens (tertiary/aromatic N) is 1. The molecule has 26 heavy (non-hydrogen) atoms. The summed E-state index contributed by atoms with van der Waals surface area (Å²) in [4.78, 5) is 16.2. The van der Waals surface area contributed by atoms with Crippen molar-refractivity contribution in [2.24, 2.45) is 0 Å². The Labute approximate surface area is 154 Å². The first kappa shape index (κ1) is 19.5. The van der Waals surface area contributed by atoms with Gasteiger partial charge in [0.1, 0.15) is 0 Å². The van der Waals surface area contributed by atoms with Gasteiger partial charge in [0, 0.05) is 18.8 Å². The van der Waals surface area contributed by atoms with Gasteiger partial charge in [-0.25, -0.2) is 0 Å². The molecule has 0 fully saturated rings. The Balaban J connectivity index is 1.87. The van der Waals surface area contributed by atoms with Gasteiger partial charge in [-0.1, -0.05) is 12.1 Å². The smallest absolute Gasteiger partial charge is 0.203 e. The van der Waals surface area contributed by atoms with Crippen LogP contribution in [0.5, 0.6) is 17.2 Å². The second kappa shape index (κ2) is 10.2. The first-order valence-electron chi connectivity index (χ1n) is 8.55. The fourth-order valence-electron chi connectivity index (χ4n) is 2.64. The SMILES string of the molecule is COc1cc(CCC(=O)/C=C/CCc2cccnc2)cc(OC)c1OC. The molecule has 1 aromatic carbocycles. The summed E-state index contributed by atoms with van der Waals surface area (Å²) in [6, 6.07) is 7.70. The first-order valence-corrected chi connectivity index (χ1v) is 8.55. The third-order valence-electron chi connectivity index (χ3n) is 4.01. The van der Waals surface area contributed by atoms with Crippen LogP contribution in [-0.2, 0) is 17.6 Å². The van der Waals surface area contributed by atoms with E-state index in [1.165, 1.54) is 5.56 Å². The van der Waals surface area contributed by atoms with Crippen molar-refractivity contribution < 1.29 is 19.0 Å². The van der Waals surface area contributed by atoms with E-state index in [2.05, 4.69) is 4.98 Å². The molecule has 0 aliphatic carbocycles. The largest absolute Gasteiger partial charge is 0.493 e. The summed E-state index contributed by atoms with van der Waals surface area (Å²) in [6.07, 6.45) is 9.93. The van der Waals surface area contributed by atoms with Gasteiger partial charge in [0.2, 0.25) is 5.75 Å². The molecule has 2 aromatic rings. The molecule has 0 aliphatic rings. The lowest BCUT2D eigenvalue weighted by molar-refractivity contribution is -0.114. The van der Waals surface area contributed by atoms with Crippen LogP contribution in [0.1, 0.15) is 24.0 Å². The number of ether oxygens (including phenoxy) is 3. The van der Waals surface area contributed by atoms with Crippen molar-refractivity contribution in [3.8, 4) is 17.2 Å². The van der Waals surface area contributed by atoms with Gasteiger partial charge in [-0.2, -0.15) is 0 Å². The van der Waals surface area contributed by atoms with Crippen molar-refractivity contribution in [1.29, 1.82) is 0 Å². The molecule has 0 spiro atoms. The van der Waals surface area contributed by atoms with Gasteiger partial charge in [0.05, 0.1) is 21.3 Å². The minimum absolute atomic E-state index is 0.102. The molecule has 0 bridgehead atoms. The van der Waals surface area contributed by atoms with Gasteiger partial charge in [-0.15, -0.1) is 0 Å². The van der Waals surface area contributed by atoms with Crippen molar-refractivity contribution in [3.05, 3.63) is 59.9 Å². The number of hydrogen-bond acceptors (Lipinski definition) is 5. The maximum Gasteiger partial charge on any atom is 0.203 e. The van der Waals surface area contributed by atoms with Crippen molar-refractivity contribution in [2.75, 3.05) is 21.3 Å². The molecule has 5 nitrogen and oxygen atoms in total. The summed E-state index contributed by atoms with van der Waals surface area (Å²) < 4.78 is 16.0. The lowest BCUT2D eigenvalue weighted by Gasteiger charge is -2.13. The van der Waals surface area contributed by atoms with Crippen molar-refractivity contribution in [2.45, 2.75) is 25.7 Å². The molecule has 0 aliphatic heterocycles. The number of ketones is 1. The molecule has 5 heteroatoms. The lowest BCUT2D eigenvalue weighted by Crippen LogP contribution is -2.00. The maximum atomic E-state index is 12.1. The topological polar surface area (TPSA) is 57.7 Å².